The van der Waals surface area contributed by atoms with Crippen LogP contribution < -0.4 is 21.3 Å². The van der Waals surface area contributed by atoms with Gasteiger partial charge in [-0.25, -0.2) is 0 Å². The van der Waals surface area contributed by atoms with Gasteiger partial charge in [0.1, 0.15) is 42.7 Å². The molecule has 10 N–H and O–H groups in total. The Hall–Kier alpha value is -2.52. The average Bonchev–Trinajstić information content (AvgIpc) is 3.03. The summed E-state index contributed by atoms with van der Waals surface area (Å²) in [4.78, 5) is 49.3. The molecule has 0 radical (unpaired) electrons. The fourth-order valence-corrected chi connectivity index (χ4v) is 4.74. The Morgan fingerprint density at radius 3 is 1.63 bits per heavy atom. The van der Waals surface area contributed by atoms with Crippen LogP contribution in [0.15, 0.2) is 0 Å². The fourth-order valence-electron chi connectivity index (χ4n) is 4.74. The van der Waals surface area contributed by atoms with E-state index in [4.69, 9.17) is 18.9 Å². The summed E-state index contributed by atoms with van der Waals surface area (Å²) in [5.41, 5.74) is 0. The molecule has 0 aromatic rings. The zero-order valence-electron chi connectivity index (χ0n) is 26.4. The van der Waals surface area contributed by atoms with E-state index in [1.807, 2.05) is 0 Å². The maximum Gasteiger partial charge on any atom is 0.242 e. The van der Waals surface area contributed by atoms with Crippen LogP contribution >= 0.6 is 0 Å². The van der Waals surface area contributed by atoms with E-state index in [-0.39, 0.29) is 57.9 Å². The highest BCUT2D eigenvalue weighted by atomic mass is 16.7. The lowest BCUT2D eigenvalue weighted by Gasteiger charge is -2.38. The van der Waals surface area contributed by atoms with Gasteiger partial charge in [-0.05, 0) is 33.1 Å². The third-order valence-corrected chi connectivity index (χ3v) is 7.65. The molecule has 2 aliphatic rings. The summed E-state index contributed by atoms with van der Waals surface area (Å²) in [5, 5.41) is 69.7. The van der Waals surface area contributed by atoms with E-state index in [1.165, 1.54) is 20.9 Å². The van der Waals surface area contributed by atoms with Crippen molar-refractivity contribution in [1.29, 1.82) is 0 Å². The minimum absolute atomic E-state index is 0.00374. The molecule has 2 heterocycles. The van der Waals surface area contributed by atoms with Crippen molar-refractivity contribution in [3.8, 4) is 0 Å². The summed E-state index contributed by atoms with van der Waals surface area (Å²) >= 11 is 0. The molecule has 11 atom stereocenters. The Bertz CT molecular complexity index is 976. The first-order chi connectivity index (χ1) is 21.8. The molecule has 0 aromatic carbocycles. The number of aliphatic hydroxyl groups excluding tert-OH is 6. The highest BCUT2D eigenvalue weighted by Gasteiger charge is 2.43. The van der Waals surface area contributed by atoms with Crippen LogP contribution in [0, 0.1) is 0 Å². The van der Waals surface area contributed by atoms with Gasteiger partial charge < -0.3 is 70.9 Å². The summed E-state index contributed by atoms with van der Waals surface area (Å²) in [6, 6.07) is -1.10. The lowest BCUT2D eigenvalue weighted by molar-refractivity contribution is -0.292. The maximum absolute atomic E-state index is 12.9. The van der Waals surface area contributed by atoms with Crippen molar-refractivity contribution in [1.82, 2.24) is 21.3 Å². The van der Waals surface area contributed by atoms with E-state index >= 15 is 0 Å². The number of aliphatic hydroxyl groups is 6. The van der Waals surface area contributed by atoms with Gasteiger partial charge in [0.2, 0.25) is 23.6 Å². The van der Waals surface area contributed by atoms with Crippen LogP contribution in [0.4, 0.5) is 0 Å². The van der Waals surface area contributed by atoms with Gasteiger partial charge in [0.25, 0.3) is 0 Å². The number of carbonyl (C=O) groups excluding carboxylic acids is 4. The minimum atomic E-state index is -1.51. The Morgan fingerprint density at radius 1 is 0.652 bits per heavy atom. The van der Waals surface area contributed by atoms with Gasteiger partial charge in [0, 0.05) is 39.4 Å². The van der Waals surface area contributed by atoms with Gasteiger partial charge in [-0.15, -0.1) is 0 Å². The molecule has 0 saturated carbocycles. The molecular formula is C28H50N4O14. The zero-order chi connectivity index (χ0) is 34.4. The van der Waals surface area contributed by atoms with E-state index in [2.05, 4.69) is 21.3 Å². The molecule has 0 aromatic heterocycles. The molecule has 0 spiro atoms. The number of ether oxygens (including phenoxy) is 4. The molecule has 4 amide bonds. The molecule has 2 saturated heterocycles. The van der Waals surface area contributed by atoms with E-state index in [0.29, 0.717) is 12.8 Å². The average molecular weight is 667 g/mol. The van der Waals surface area contributed by atoms with E-state index in [0.717, 1.165) is 0 Å². The normalized spacial score (nSPS) is 31.8. The van der Waals surface area contributed by atoms with Crippen LogP contribution in [-0.2, 0) is 38.1 Å². The van der Waals surface area contributed by atoms with Gasteiger partial charge in [-0.3, -0.25) is 19.2 Å². The number of unbranched alkanes of at least 4 members (excludes halogenated alkanes) is 1. The van der Waals surface area contributed by atoms with Crippen molar-refractivity contribution < 1.29 is 68.8 Å². The summed E-state index contributed by atoms with van der Waals surface area (Å²) in [7, 11) is 1.51. The highest BCUT2D eigenvalue weighted by Crippen LogP contribution is 2.22. The first-order valence-electron chi connectivity index (χ1n) is 15.4. The van der Waals surface area contributed by atoms with Crippen LogP contribution in [0.5, 0.6) is 0 Å². The van der Waals surface area contributed by atoms with Crippen molar-refractivity contribution in [2.75, 3.05) is 33.4 Å². The number of hydrogen-bond donors (Lipinski definition) is 10. The predicted octanol–water partition coefficient (Wildman–Crippen LogP) is -4.52. The Labute approximate surface area is 267 Å². The van der Waals surface area contributed by atoms with Gasteiger partial charge in [0.15, 0.2) is 12.6 Å². The van der Waals surface area contributed by atoms with Crippen molar-refractivity contribution in [2.45, 2.75) is 120 Å². The second kappa shape index (κ2) is 20.0. The molecule has 18 nitrogen and oxygen atoms in total. The number of nitrogens with one attached hydrogen (secondary N) is 4. The van der Waals surface area contributed by atoms with Gasteiger partial charge >= 0.3 is 0 Å². The predicted molar refractivity (Wildman–Crippen MR) is 156 cm³/mol. The largest absolute Gasteiger partial charge is 0.388 e. The van der Waals surface area contributed by atoms with Gasteiger partial charge in [-0.1, -0.05) is 0 Å². The van der Waals surface area contributed by atoms with Gasteiger partial charge in [-0.2, -0.15) is 0 Å². The van der Waals surface area contributed by atoms with E-state index in [9.17, 15) is 49.8 Å². The Balaban J connectivity index is 1.82. The molecule has 2 rings (SSSR count). The first-order valence-corrected chi connectivity index (χ1v) is 15.4. The molecule has 18 heteroatoms. The number of carbonyl (C=O) groups is 4. The quantitative estimate of drug-likeness (QED) is 0.0618. The fraction of sp³-hybridized carbons (Fsp3) is 0.857. The van der Waals surface area contributed by atoms with Crippen LogP contribution in [-0.4, -0.2) is 155 Å². The van der Waals surface area contributed by atoms with Crippen LogP contribution in [0.2, 0.25) is 0 Å². The number of amides is 4. The van der Waals surface area contributed by atoms with Crippen molar-refractivity contribution in [2.24, 2.45) is 0 Å². The lowest BCUT2D eigenvalue weighted by atomic mass is 10.0. The monoisotopic (exact) mass is 666 g/mol. The molecule has 0 unspecified atom stereocenters. The summed E-state index contributed by atoms with van der Waals surface area (Å²) in [6.07, 6.45) is -11.6. The minimum Gasteiger partial charge on any atom is -0.388 e. The van der Waals surface area contributed by atoms with Crippen molar-refractivity contribution >= 4 is 23.6 Å². The highest BCUT2D eigenvalue weighted by molar-refractivity contribution is 5.88. The van der Waals surface area contributed by atoms with Gasteiger partial charge in [0.05, 0.1) is 25.4 Å². The van der Waals surface area contributed by atoms with Crippen LogP contribution in [0.1, 0.15) is 52.4 Å². The number of rotatable bonds is 18. The maximum atomic E-state index is 12.9. The standard InChI is InChI=1S/C28H50N4O14/c1-14-20(36)22(38)24(40)27(45-14)43-12-10-30-18(34)9-8-16(32-19(35)7-5-4-6-17(33)29-3)26(42)31-11-13-44-28-25(41)23(39)21(37)15(2)46-28/h14-16,20-25,27-28,36-41H,4-13H2,1-3H3,(H,29,33)(H,30,34)(H,31,42)(H,32,35)/t14-,15-,16-,20+,21+,22+,23+,24-,25-,27+,28+/m0/s1. The van der Waals surface area contributed by atoms with Crippen molar-refractivity contribution in [3.63, 3.8) is 0 Å². The Morgan fingerprint density at radius 2 is 1.13 bits per heavy atom. The summed E-state index contributed by atoms with van der Waals surface area (Å²) in [6.45, 7) is 2.71. The second-order valence-corrected chi connectivity index (χ2v) is 11.3. The van der Waals surface area contributed by atoms with Crippen LogP contribution in [0.25, 0.3) is 0 Å². The first kappa shape index (κ1) is 39.7. The molecule has 266 valence electrons. The smallest absolute Gasteiger partial charge is 0.242 e. The number of hydrogen-bond acceptors (Lipinski definition) is 14. The second-order valence-electron chi connectivity index (χ2n) is 11.3. The molecule has 0 aliphatic carbocycles. The molecular weight excluding hydrogens is 616 g/mol. The molecule has 2 fully saturated rings. The third-order valence-electron chi connectivity index (χ3n) is 7.65. The summed E-state index contributed by atoms with van der Waals surface area (Å²) < 4.78 is 21.5. The molecule has 46 heavy (non-hydrogen) atoms. The van der Waals surface area contributed by atoms with Crippen LogP contribution in [0.3, 0.4) is 0 Å². The SMILES string of the molecule is CNC(=O)CCCCC(=O)N[C@@H](CCC(=O)NCCO[C@@H]1O[C@@H](C)[C@@H](O)[C@@H](O)[C@@H]1O)C(=O)NCCO[C@@H]1O[C@@H](C)[C@@H](O)[C@@H](O)[C@@H]1O. The van der Waals surface area contributed by atoms with E-state index < -0.39 is 85.2 Å². The van der Waals surface area contributed by atoms with E-state index in [1.54, 1.807) is 0 Å². The topological polar surface area (TPSA) is 275 Å². The Kier molecular flexibility index (Phi) is 17.2. The lowest BCUT2D eigenvalue weighted by Crippen LogP contribution is -2.57. The molecule has 2 aliphatic heterocycles. The van der Waals surface area contributed by atoms with Crippen molar-refractivity contribution in [3.05, 3.63) is 0 Å². The third kappa shape index (κ3) is 12.6. The zero-order valence-corrected chi connectivity index (χ0v) is 26.4. The summed E-state index contributed by atoms with van der Waals surface area (Å²) in [5.74, 6) is -1.67. The molecule has 0 bridgehead atoms.